The summed E-state index contributed by atoms with van der Waals surface area (Å²) in [6.45, 7) is 7.53. The average Bonchev–Trinajstić information content (AvgIpc) is 2.81. The number of aryl methyl sites for hydroxylation is 1. The van der Waals surface area contributed by atoms with E-state index in [9.17, 15) is 0 Å². The fraction of sp³-hybridized carbons (Fsp3) is 0.769. The van der Waals surface area contributed by atoms with Gasteiger partial charge in [0, 0.05) is 12.5 Å². The van der Waals surface area contributed by atoms with Crippen LogP contribution in [0, 0.1) is 5.92 Å². The maximum atomic E-state index is 5.47. The average molecular weight is 237 g/mol. The standard InChI is InChI=1S/C13H23N3O/c1-4-10-8-14-7-6-11(10)13-12(17-3)9-15-16(13)5-2/h9-11,14H,4-8H2,1-3H3. The number of ether oxygens (including phenoxy) is 1. The summed E-state index contributed by atoms with van der Waals surface area (Å²) in [6.07, 6.45) is 4.24. The van der Waals surface area contributed by atoms with Gasteiger partial charge in [0.25, 0.3) is 0 Å². The van der Waals surface area contributed by atoms with Gasteiger partial charge in [-0.05, 0) is 32.4 Å². The summed E-state index contributed by atoms with van der Waals surface area (Å²) in [5.74, 6) is 2.23. The highest BCUT2D eigenvalue weighted by molar-refractivity contribution is 5.30. The Kier molecular flexibility index (Phi) is 4.05. The molecule has 1 aromatic heterocycles. The Balaban J connectivity index is 2.32. The van der Waals surface area contributed by atoms with Crippen LogP contribution in [0.1, 0.15) is 38.3 Å². The van der Waals surface area contributed by atoms with Gasteiger partial charge in [0.1, 0.15) is 0 Å². The molecule has 17 heavy (non-hydrogen) atoms. The summed E-state index contributed by atoms with van der Waals surface area (Å²) in [5.41, 5.74) is 1.29. The molecule has 1 aliphatic rings. The molecule has 0 spiro atoms. The summed E-state index contributed by atoms with van der Waals surface area (Å²) >= 11 is 0. The van der Waals surface area contributed by atoms with Crippen molar-refractivity contribution in [3.05, 3.63) is 11.9 Å². The fourth-order valence-corrected chi connectivity index (χ4v) is 2.87. The maximum absolute atomic E-state index is 5.47. The summed E-state index contributed by atoms with van der Waals surface area (Å²) < 4.78 is 7.56. The molecule has 96 valence electrons. The number of hydrogen-bond acceptors (Lipinski definition) is 3. The van der Waals surface area contributed by atoms with Crippen LogP contribution in [0.15, 0.2) is 6.20 Å². The van der Waals surface area contributed by atoms with E-state index in [0.717, 1.165) is 25.4 Å². The van der Waals surface area contributed by atoms with E-state index in [1.54, 1.807) is 7.11 Å². The summed E-state index contributed by atoms with van der Waals surface area (Å²) in [5, 5.41) is 7.90. The minimum atomic E-state index is 0.582. The van der Waals surface area contributed by atoms with Gasteiger partial charge >= 0.3 is 0 Å². The molecule has 0 aromatic carbocycles. The number of piperidine rings is 1. The SMILES string of the molecule is CCC1CNCCC1c1c(OC)cnn1CC. The van der Waals surface area contributed by atoms with Gasteiger partial charge in [-0.2, -0.15) is 5.10 Å². The van der Waals surface area contributed by atoms with E-state index >= 15 is 0 Å². The second kappa shape index (κ2) is 5.54. The lowest BCUT2D eigenvalue weighted by atomic mass is 9.82. The van der Waals surface area contributed by atoms with Crippen molar-refractivity contribution in [2.75, 3.05) is 20.2 Å². The van der Waals surface area contributed by atoms with Crippen LogP contribution in [0.5, 0.6) is 5.75 Å². The predicted molar refractivity (Wildman–Crippen MR) is 68.5 cm³/mol. The lowest BCUT2D eigenvalue weighted by Crippen LogP contribution is -2.36. The summed E-state index contributed by atoms with van der Waals surface area (Å²) in [4.78, 5) is 0. The van der Waals surface area contributed by atoms with E-state index in [1.807, 2.05) is 6.20 Å². The summed E-state index contributed by atoms with van der Waals surface area (Å²) in [7, 11) is 1.74. The van der Waals surface area contributed by atoms with E-state index in [2.05, 4.69) is 28.9 Å². The smallest absolute Gasteiger partial charge is 0.160 e. The molecule has 1 N–H and O–H groups in total. The Morgan fingerprint density at radius 3 is 3.00 bits per heavy atom. The van der Waals surface area contributed by atoms with Crippen LogP contribution in [0.25, 0.3) is 0 Å². The third kappa shape index (κ3) is 2.32. The van der Waals surface area contributed by atoms with Crippen LogP contribution < -0.4 is 10.1 Å². The Bertz CT molecular complexity index is 340. The topological polar surface area (TPSA) is 39.1 Å². The van der Waals surface area contributed by atoms with Gasteiger partial charge in [0.2, 0.25) is 0 Å². The molecule has 0 amide bonds. The van der Waals surface area contributed by atoms with E-state index in [4.69, 9.17) is 4.74 Å². The van der Waals surface area contributed by atoms with Crippen LogP contribution in [0.4, 0.5) is 0 Å². The third-order valence-corrected chi connectivity index (χ3v) is 3.85. The Morgan fingerprint density at radius 2 is 2.35 bits per heavy atom. The van der Waals surface area contributed by atoms with Crippen LogP contribution in [0.2, 0.25) is 0 Å². The number of methoxy groups -OCH3 is 1. The van der Waals surface area contributed by atoms with Crippen molar-refractivity contribution in [2.24, 2.45) is 5.92 Å². The fourth-order valence-electron chi connectivity index (χ4n) is 2.87. The van der Waals surface area contributed by atoms with Crippen LogP contribution in [0.3, 0.4) is 0 Å². The normalized spacial score (nSPS) is 24.9. The van der Waals surface area contributed by atoms with Crippen LogP contribution in [-0.4, -0.2) is 30.0 Å². The first-order chi connectivity index (χ1) is 8.31. The molecule has 1 aliphatic heterocycles. The highest BCUT2D eigenvalue weighted by Gasteiger charge is 2.30. The lowest BCUT2D eigenvalue weighted by Gasteiger charge is -2.32. The molecular formula is C13H23N3O. The number of hydrogen-bond donors (Lipinski definition) is 1. The molecule has 0 aliphatic carbocycles. The van der Waals surface area contributed by atoms with E-state index in [-0.39, 0.29) is 0 Å². The molecule has 1 fully saturated rings. The monoisotopic (exact) mass is 237 g/mol. The molecule has 0 bridgehead atoms. The molecule has 0 saturated carbocycles. The van der Waals surface area contributed by atoms with E-state index in [0.29, 0.717) is 11.8 Å². The minimum absolute atomic E-state index is 0.582. The zero-order valence-corrected chi connectivity index (χ0v) is 11.1. The van der Waals surface area contributed by atoms with Crippen molar-refractivity contribution < 1.29 is 4.74 Å². The highest BCUT2D eigenvalue weighted by atomic mass is 16.5. The Hall–Kier alpha value is -1.03. The first-order valence-electron chi connectivity index (χ1n) is 6.62. The third-order valence-electron chi connectivity index (χ3n) is 3.85. The first kappa shape index (κ1) is 12.4. The van der Waals surface area contributed by atoms with Crippen molar-refractivity contribution in [3.8, 4) is 5.75 Å². The number of nitrogens with zero attached hydrogens (tertiary/aromatic N) is 2. The molecule has 0 radical (unpaired) electrons. The molecule has 2 atom stereocenters. The lowest BCUT2D eigenvalue weighted by molar-refractivity contribution is 0.294. The molecule has 4 nitrogen and oxygen atoms in total. The van der Waals surface area contributed by atoms with Gasteiger partial charge in [-0.1, -0.05) is 13.3 Å². The van der Waals surface area contributed by atoms with Gasteiger partial charge in [0.05, 0.1) is 19.0 Å². The van der Waals surface area contributed by atoms with Crippen molar-refractivity contribution in [1.29, 1.82) is 0 Å². The van der Waals surface area contributed by atoms with Crippen molar-refractivity contribution in [1.82, 2.24) is 15.1 Å². The van der Waals surface area contributed by atoms with Crippen molar-refractivity contribution >= 4 is 0 Å². The number of nitrogens with one attached hydrogen (secondary N) is 1. The summed E-state index contributed by atoms with van der Waals surface area (Å²) in [6, 6.07) is 0. The molecule has 1 saturated heterocycles. The predicted octanol–water partition coefficient (Wildman–Crippen LogP) is 2.01. The second-order valence-corrected chi connectivity index (χ2v) is 4.68. The van der Waals surface area contributed by atoms with Gasteiger partial charge in [0.15, 0.2) is 5.75 Å². The van der Waals surface area contributed by atoms with Crippen molar-refractivity contribution in [2.45, 2.75) is 39.2 Å². The van der Waals surface area contributed by atoms with Gasteiger partial charge in [-0.25, -0.2) is 0 Å². The minimum Gasteiger partial charge on any atom is -0.493 e. The molecule has 1 aromatic rings. The Morgan fingerprint density at radius 1 is 1.53 bits per heavy atom. The number of rotatable bonds is 4. The van der Waals surface area contributed by atoms with Crippen LogP contribution in [-0.2, 0) is 6.54 Å². The highest BCUT2D eigenvalue weighted by Crippen LogP contribution is 2.37. The number of aromatic nitrogens is 2. The maximum Gasteiger partial charge on any atom is 0.160 e. The van der Waals surface area contributed by atoms with E-state index in [1.165, 1.54) is 18.5 Å². The molecule has 2 unspecified atom stereocenters. The Labute approximate surface area is 103 Å². The van der Waals surface area contributed by atoms with Gasteiger partial charge in [-0.15, -0.1) is 0 Å². The molecule has 2 rings (SSSR count). The van der Waals surface area contributed by atoms with Crippen LogP contribution >= 0.6 is 0 Å². The van der Waals surface area contributed by atoms with Gasteiger partial charge in [-0.3, -0.25) is 4.68 Å². The first-order valence-corrected chi connectivity index (χ1v) is 6.62. The largest absolute Gasteiger partial charge is 0.493 e. The van der Waals surface area contributed by atoms with E-state index < -0.39 is 0 Å². The molecule has 4 heteroatoms. The quantitative estimate of drug-likeness (QED) is 0.870. The second-order valence-electron chi connectivity index (χ2n) is 4.68. The zero-order valence-electron chi connectivity index (χ0n) is 11.1. The molecular weight excluding hydrogens is 214 g/mol. The zero-order chi connectivity index (χ0) is 12.3. The van der Waals surface area contributed by atoms with Crippen molar-refractivity contribution in [3.63, 3.8) is 0 Å². The molecule has 2 heterocycles. The van der Waals surface area contributed by atoms with Gasteiger partial charge < -0.3 is 10.1 Å².